The summed E-state index contributed by atoms with van der Waals surface area (Å²) in [4.78, 5) is 8.81. The van der Waals surface area contributed by atoms with E-state index in [1.54, 1.807) is 6.20 Å². The minimum Gasteiger partial charge on any atom is -0.351 e. The Morgan fingerprint density at radius 1 is 1.10 bits per heavy atom. The summed E-state index contributed by atoms with van der Waals surface area (Å²) in [7, 11) is 0. The van der Waals surface area contributed by atoms with Gasteiger partial charge in [-0.25, -0.2) is 9.97 Å². The van der Waals surface area contributed by atoms with Gasteiger partial charge in [-0.2, -0.15) is 0 Å². The first-order valence-electron chi connectivity index (χ1n) is 6.99. The number of rotatable bonds is 3. The normalized spacial score (nSPS) is 15.9. The lowest BCUT2D eigenvalue weighted by atomic mass is 10.1. The number of aromatic nitrogens is 2. The molecule has 1 fully saturated rings. The second-order valence-electron chi connectivity index (χ2n) is 5.04. The van der Waals surface area contributed by atoms with E-state index in [4.69, 9.17) is 23.2 Å². The zero-order valence-corrected chi connectivity index (χ0v) is 13.0. The van der Waals surface area contributed by atoms with Crippen molar-refractivity contribution in [2.24, 2.45) is 0 Å². The summed E-state index contributed by atoms with van der Waals surface area (Å²) in [5.41, 5.74) is 1.48. The van der Waals surface area contributed by atoms with Crippen LogP contribution in [0.25, 0.3) is 11.3 Å². The fourth-order valence-electron chi connectivity index (χ4n) is 2.43. The van der Waals surface area contributed by atoms with Crippen molar-refractivity contribution in [3.05, 3.63) is 40.5 Å². The molecule has 4 nitrogen and oxygen atoms in total. The van der Waals surface area contributed by atoms with Crippen LogP contribution in [0.4, 0.5) is 5.95 Å². The number of hydrogen-bond donors (Lipinski definition) is 2. The van der Waals surface area contributed by atoms with Crippen molar-refractivity contribution < 1.29 is 0 Å². The van der Waals surface area contributed by atoms with Gasteiger partial charge in [-0.3, -0.25) is 0 Å². The van der Waals surface area contributed by atoms with Crippen molar-refractivity contribution >= 4 is 29.2 Å². The SMILES string of the molecule is Clc1ccccc1-c1nc(NC2CCNCC2)ncc1Cl. The standard InChI is InChI=1S/C15H16Cl2N4/c16-12-4-2-1-3-11(12)14-13(17)9-19-15(21-14)20-10-5-7-18-8-6-10/h1-4,9-10,18H,5-8H2,(H,19,20,21). The maximum absolute atomic E-state index is 6.23. The predicted molar refractivity (Wildman–Crippen MR) is 87.0 cm³/mol. The molecule has 3 rings (SSSR count). The first kappa shape index (κ1) is 14.6. The molecule has 0 bridgehead atoms. The Kier molecular flexibility index (Phi) is 4.58. The van der Waals surface area contributed by atoms with Crippen LogP contribution in [0.15, 0.2) is 30.5 Å². The van der Waals surface area contributed by atoms with Crippen LogP contribution in [0.1, 0.15) is 12.8 Å². The zero-order valence-electron chi connectivity index (χ0n) is 11.4. The van der Waals surface area contributed by atoms with E-state index in [2.05, 4.69) is 20.6 Å². The van der Waals surface area contributed by atoms with Gasteiger partial charge in [-0.05, 0) is 32.0 Å². The molecule has 1 aromatic heterocycles. The molecule has 0 spiro atoms. The van der Waals surface area contributed by atoms with Gasteiger partial charge in [-0.1, -0.05) is 41.4 Å². The molecule has 1 saturated heterocycles. The van der Waals surface area contributed by atoms with Gasteiger partial charge in [-0.15, -0.1) is 0 Å². The number of nitrogens with zero attached hydrogens (tertiary/aromatic N) is 2. The Bertz CT molecular complexity index is 627. The highest BCUT2D eigenvalue weighted by atomic mass is 35.5. The maximum Gasteiger partial charge on any atom is 0.223 e. The number of anilines is 1. The van der Waals surface area contributed by atoms with Gasteiger partial charge >= 0.3 is 0 Å². The van der Waals surface area contributed by atoms with E-state index in [1.807, 2.05) is 24.3 Å². The van der Waals surface area contributed by atoms with E-state index in [0.29, 0.717) is 27.7 Å². The van der Waals surface area contributed by atoms with Crippen molar-refractivity contribution in [3.8, 4) is 11.3 Å². The third-order valence-corrected chi connectivity index (χ3v) is 4.15. The minimum absolute atomic E-state index is 0.395. The highest BCUT2D eigenvalue weighted by Crippen LogP contribution is 2.31. The van der Waals surface area contributed by atoms with E-state index in [9.17, 15) is 0 Å². The molecule has 0 saturated carbocycles. The third-order valence-electron chi connectivity index (χ3n) is 3.55. The number of nitrogens with one attached hydrogen (secondary N) is 2. The van der Waals surface area contributed by atoms with Crippen LogP contribution in [-0.2, 0) is 0 Å². The molecule has 110 valence electrons. The van der Waals surface area contributed by atoms with Crippen LogP contribution >= 0.6 is 23.2 Å². The number of piperidine rings is 1. The van der Waals surface area contributed by atoms with E-state index in [0.717, 1.165) is 31.5 Å². The summed E-state index contributed by atoms with van der Waals surface area (Å²) >= 11 is 12.5. The Labute approximate surface area is 133 Å². The van der Waals surface area contributed by atoms with Crippen LogP contribution in [0.2, 0.25) is 10.0 Å². The molecular formula is C15H16Cl2N4. The average molecular weight is 323 g/mol. The fourth-order valence-corrected chi connectivity index (χ4v) is 2.85. The zero-order chi connectivity index (χ0) is 14.7. The molecule has 6 heteroatoms. The molecule has 1 aromatic carbocycles. The van der Waals surface area contributed by atoms with Crippen LogP contribution in [0, 0.1) is 0 Å². The first-order valence-corrected chi connectivity index (χ1v) is 7.74. The van der Waals surface area contributed by atoms with Crippen LogP contribution in [-0.4, -0.2) is 29.1 Å². The number of halogens is 2. The van der Waals surface area contributed by atoms with Gasteiger partial charge in [0.1, 0.15) is 0 Å². The number of hydrogen-bond acceptors (Lipinski definition) is 4. The minimum atomic E-state index is 0.395. The van der Waals surface area contributed by atoms with Crippen molar-refractivity contribution in [3.63, 3.8) is 0 Å². The second-order valence-corrected chi connectivity index (χ2v) is 5.85. The molecule has 0 amide bonds. The van der Waals surface area contributed by atoms with Crippen molar-refractivity contribution in [1.29, 1.82) is 0 Å². The van der Waals surface area contributed by atoms with Crippen LogP contribution < -0.4 is 10.6 Å². The molecule has 2 N–H and O–H groups in total. The molecule has 0 radical (unpaired) electrons. The predicted octanol–water partition coefficient (Wildman–Crippen LogP) is 3.61. The largest absolute Gasteiger partial charge is 0.351 e. The van der Waals surface area contributed by atoms with Gasteiger partial charge in [0.2, 0.25) is 5.95 Å². The lowest BCUT2D eigenvalue weighted by Crippen LogP contribution is -2.35. The number of benzene rings is 1. The van der Waals surface area contributed by atoms with E-state index < -0.39 is 0 Å². The molecule has 1 aliphatic heterocycles. The highest BCUT2D eigenvalue weighted by molar-refractivity contribution is 6.36. The molecule has 1 aliphatic rings. The van der Waals surface area contributed by atoms with E-state index >= 15 is 0 Å². The highest BCUT2D eigenvalue weighted by Gasteiger charge is 2.16. The Hall–Kier alpha value is -1.36. The monoisotopic (exact) mass is 322 g/mol. The van der Waals surface area contributed by atoms with Gasteiger partial charge in [0, 0.05) is 11.6 Å². The smallest absolute Gasteiger partial charge is 0.223 e. The third kappa shape index (κ3) is 3.46. The summed E-state index contributed by atoms with van der Waals surface area (Å²) in [6.07, 6.45) is 3.75. The molecule has 2 aromatic rings. The van der Waals surface area contributed by atoms with Gasteiger partial charge in [0.05, 0.1) is 21.9 Å². The molecular weight excluding hydrogens is 307 g/mol. The molecule has 2 heterocycles. The first-order chi connectivity index (χ1) is 10.2. The van der Waals surface area contributed by atoms with Gasteiger partial charge in [0.15, 0.2) is 0 Å². The quantitative estimate of drug-likeness (QED) is 0.906. The summed E-state index contributed by atoms with van der Waals surface area (Å²) in [6, 6.07) is 7.93. The van der Waals surface area contributed by atoms with Gasteiger partial charge in [0.25, 0.3) is 0 Å². The maximum atomic E-state index is 6.23. The van der Waals surface area contributed by atoms with Crippen LogP contribution in [0.5, 0.6) is 0 Å². The van der Waals surface area contributed by atoms with Crippen LogP contribution in [0.3, 0.4) is 0 Å². The summed E-state index contributed by atoms with van der Waals surface area (Å²) < 4.78 is 0. The Balaban J connectivity index is 1.87. The van der Waals surface area contributed by atoms with Crippen molar-refractivity contribution in [2.45, 2.75) is 18.9 Å². The molecule has 0 atom stereocenters. The Morgan fingerprint density at radius 3 is 2.62 bits per heavy atom. The summed E-state index contributed by atoms with van der Waals surface area (Å²) in [5.74, 6) is 0.598. The van der Waals surface area contributed by atoms with E-state index in [-0.39, 0.29) is 0 Å². The lowest BCUT2D eigenvalue weighted by molar-refractivity contribution is 0.477. The Morgan fingerprint density at radius 2 is 1.86 bits per heavy atom. The van der Waals surface area contributed by atoms with Gasteiger partial charge < -0.3 is 10.6 Å². The summed E-state index contributed by atoms with van der Waals surface area (Å²) in [6.45, 7) is 2.03. The van der Waals surface area contributed by atoms with Crippen molar-refractivity contribution in [2.75, 3.05) is 18.4 Å². The fraction of sp³-hybridized carbons (Fsp3) is 0.333. The molecule has 0 aliphatic carbocycles. The molecule has 21 heavy (non-hydrogen) atoms. The van der Waals surface area contributed by atoms with E-state index in [1.165, 1.54) is 0 Å². The topological polar surface area (TPSA) is 49.8 Å². The summed E-state index contributed by atoms with van der Waals surface area (Å²) in [5, 5.41) is 7.84. The lowest BCUT2D eigenvalue weighted by Gasteiger charge is -2.23. The average Bonchev–Trinajstić information content (AvgIpc) is 2.51. The second kappa shape index (κ2) is 6.60. The molecule has 0 unspecified atom stereocenters. The van der Waals surface area contributed by atoms with Crippen molar-refractivity contribution in [1.82, 2.24) is 15.3 Å².